The molecule has 0 radical (unpaired) electrons. The number of aliphatic hydroxyl groups is 5. The van der Waals surface area contributed by atoms with E-state index in [2.05, 4.69) is 50.3 Å². The highest BCUT2D eigenvalue weighted by atomic mass is 31.2. The van der Waals surface area contributed by atoms with Crippen LogP contribution in [0, 0.1) is 0 Å². The van der Waals surface area contributed by atoms with Gasteiger partial charge in [-0.2, -0.15) is 0 Å². The molecule has 0 aromatic carbocycles. The van der Waals surface area contributed by atoms with Crippen LogP contribution in [0.15, 0.2) is 36.5 Å². The fourth-order valence-corrected chi connectivity index (χ4v) is 8.97. The van der Waals surface area contributed by atoms with Gasteiger partial charge in [0, 0.05) is 12.8 Å². The van der Waals surface area contributed by atoms with Crippen LogP contribution in [-0.4, -0.2) is 98.3 Å². The summed E-state index contributed by atoms with van der Waals surface area (Å²) in [4.78, 5) is 35.8. The average molecular weight is 959 g/mol. The minimum Gasteiger partial charge on any atom is -0.462 e. The predicted molar refractivity (Wildman–Crippen MR) is 263 cm³/mol. The molecule has 13 nitrogen and oxygen atoms in total. The summed E-state index contributed by atoms with van der Waals surface area (Å²) in [5.74, 6) is -1.12. The highest BCUT2D eigenvalue weighted by Crippen LogP contribution is 2.47. The van der Waals surface area contributed by atoms with E-state index in [1.165, 1.54) is 122 Å². The summed E-state index contributed by atoms with van der Waals surface area (Å²) in [6, 6.07) is 0. The van der Waals surface area contributed by atoms with Crippen molar-refractivity contribution in [2.45, 2.75) is 268 Å². The van der Waals surface area contributed by atoms with E-state index in [1.807, 2.05) is 0 Å². The standard InChI is InChI=1S/C52H95O13P/c1-3-5-7-9-11-13-15-17-19-21-22-23-25-26-28-30-32-34-36-38-40-45(53)62-42-44(43-63-66(60,61)65-52-50(58)48(56)47(55)49(57)51(52)59)64-46(54)41-39-37-35-33-31-29-27-24-20-18-16-14-12-10-8-6-4-2/h12,14,18,20,27,29,44,47-52,55-59H,3-11,13,15-17,19,21-26,28,30-43H2,1-2H3,(H,60,61)/b14-12+,20-18+,29-27+/t44-,47?,48-,49?,50?,51?,52?/m0/s1. The van der Waals surface area contributed by atoms with Crippen molar-refractivity contribution >= 4 is 19.8 Å². The van der Waals surface area contributed by atoms with E-state index in [1.54, 1.807) is 0 Å². The molecule has 1 rings (SSSR count). The number of unbranched alkanes of at least 4 members (excludes halogenated alkanes) is 26. The van der Waals surface area contributed by atoms with Gasteiger partial charge in [-0.05, 0) is 51.4 Å². The summed E-state index contributed by atoms with van der Waals surface area (Å²) in [6.07, 6.45) is 36.2. The number of allylic oxidation sites excluding steroid dienone is 6. The Balaban J connectivity index is 2.39. The molecule has 0 bridgehead atoms. The SMILES string of the molecule is CCCCC/C=C/C/C=C/C/C=C/CCCCCCC(=O)O[C@@H](COC(=O)CCCCCCCCCCCCCCCCCCCCCC)COP(=O)(O)OC1C(O)C(O)C(O)[C@H](O)C1O. The normalized spacial score (nSPS) is 21.5. The van der Waals surface area contributed by atoms with Gasteiger partial charge in [0.2, 0.25) is 0 Å². The highest BCUT2D eigenvalue weighted by molar-refractivity contribution is 7.47. The zero-order chi connectivity index (χ0) is 48.5. The van der Waals surface area contributed by atoms with Crippen LogP contribution in [0.5, 0.6) is 0 Å². The number of phosphoric acid groups is 1. The number of ether oxygens (including phenoxy) is 2. The van der Waals surface area contributed by atoms with E-state index in [4.69, 9.17) is 18.5 Å². The number of phosphoric ester groups is 1. The third-order valence-corrected chi connectivity index (χ3v) is 13.2. The molecular weight excluding hydrogens is 864 g/mol. The van der Waals surface area contributed by atoms with Crippen molar-refractivity contribution in [2.24, 2.45) is 0 Å². The lowest BCUT2D eigenvalue weighted by Crippen LogP contribution is -2.64. The molecule has 386 valence electrons. The summed E-state index contributed by atoms with van der Waals surface area (Å²) in [6.45, 7) is 3.29. The number of hydrogen-bond donors (Lipinski definition) is 6. The number of rotatable bonds is 44. The molecule has 1 saturated carbocycles. The Hall–Kier alpha value is -1.93. The molecule has 1 aliphatic carbocycles. The molecule has 0 saturated heterocycles. The number of hydrogen-bond acceptors (Lipinski definition) is 12. The first kappa shape index (κ1) is 62.1. The lowest BCUT2D eigenvalue weighted by Gasteiger charge is -2.41. The van der Waals surface area contributed by atoms with E-state index >= 15 is 0 Å². The van der Waals surface area contributed by atoms with Crippen LogP contribution in [0.4, 0.5) is 0 Å². The van der Waals surface area contributed by atoms with Crippen molar-refractivity contribution < 1.29 is 63.1 Å². The quantitative estimate of drug-likeness (QED) is 0.0145. The molecular formula is C52H95O13P. The topological polar surface area (TPSA) is 210 Å². The lowest BCUT2D eigenvalue weighted by atomic mass is 9.85. The van der Waals surface area contributed by atoms with Gasteiger partial charge in [-0.3, -0.25) is 18.6 Å². The number of esters is 2. The third kappa shape index (κ3) is 33.5. The Morgan fingerprint density at radius 2 is 0.818 bits per heavy atom. The Kier molecular flexibility index (Phi) is 39.5. The maximum absolute atomic E-state index is 12.9. The van der Waals surface area contributed by atoms with Gasteiger partial charge in [0.05, 0.1) is 6.61 Å². The molecule has 1 aliphatic rings. The number of carbonyl (C=O) groups excluding carboxylic acids is 2. The van der Waals surface area contributed by atoms with Crippen LogP contribution in [0.2, 0.25) is 0 Å². The zero-order valence-electron chi connectivity index (χ0n) is 41.2. The van der Waals surface area contributed by atoms with Gasteiger partial charge in [0.15, 0.2) is 6.10 Å². The van der Waals surface area contributed by atoms with Gasteiger partial charge in [-0.1, -0.05) is 198 Å². The minimum absolute atomic E-state index is 0.0728. The van der Waals surface area contributed by atoms with E-state index < -0.39 is 75.7 Å². The Morgan fingerprint density at radius 1 is 0.470 bits per heavy atom. The highest BCUT2D eigenvalue weighted by Gasteiger charge is 2.51. The van der Waals surface area contributed by atoms with E-state index in [0.717, 1.165) is 64.2 Å². The first-order valence-electron chi connectivity index (χ1n) is 26.3. The summed E-state index contributed by atoms with van der Waals surface area (Å²) < 4.78 is 33.6. The van der Waals surface area contributed by atoms with E-state index in [9.17, 15) is 44.6 Å². The van der Waals surface area contributed by atoms with Crippen LogP contribution in [0.25, 0.3) is 0 Å². The maximum Gasteiger partial charge on any atom is 0.472 e. The van der Waals surface area contributed by atoms with Crippen LogP contribution in [0.3, 0.4) is 0 Å². The molecule has 8 atom stereocenters. The minimum atomic E-state index is -5.13. The first-order chi connectivity index (χ1) is 31.9. The van der Waals surface area contributed by atoms with Crippen LogP contribution in [0.1, 0.15) is 226 Å². The van der Waals surface area contributed by atoms with E-state index in [-0.39, 0.29) is 12.8 Å². The smallest absolute Gasteiger partial charge is 0.462 e. The molecule has 0 spiro atoms. The second-order valence-corrected chi connectivity index (χ2v) is 19.8. The summed E-state index contributed by atoms with van der Waals surface area (Å²) >= 11 is 0. The zero-order valence-corrected chi connectivity index (χ0v) is 42.1. The van der Waals surface area contributed by atoms with Gasteiger partial charge < -0.3 is 39.9 Å². The Bertz CT molecular complexity index is 1290. The fourth-order valence-electron chi connectivity index (χ4n) is 8.00. The molecule has 0 aromatic heterocycles. The van der Waals surface area contributed by atoms with Crippen molar-refractivity contribution in [3.05, 3.63) is 36.5 Å². The van der Waals surface area contributed by atoms with Crippen molar-refractivity contribution in [1.82, 2.24) is 0 Å². The fraction of sp³-hybridized carbons (Fsp3) is 0.846. The molecule has 6 N–H and O–H groups in total. The summed E-state index contributed by atoms with van der Waals surface area (Å²) in [7, 11) is -5.13. The molecule has 6 unspecified atom stereocenters. The Labute approximate surface area is 399 Å². The maximum atomic E-state index is 12.9. The van der Waals surface area contributed by atoms with Crippen LogP contribution < -0.4 is 0 Å². The van der Waals surface area contributed by atoms with Gasteiger partial charge >= 0.3 is 19.8 Å². The first-order valence-corrected chi connectivity index (χ1v) is 27.8. The molecule has 0 heterocycles. The van der Waals surface area contributed by atoms with Crippen LogP contribution in [-0.2, 0) is 32.7 Å². The molecule has 1 fully saturated rings. The monoisotopic (exact) mass is 959 g/mol. The molecule has 0 aromatic rings. The van der Waals surface area contributed by atoms with Gasteiger partial charge in [-0.15, -0.1) is 0 Å². The molecule has 0 amide bonds. The summed E-state index contributed by atoms with van der Waals surface area (Å²) in [5.41, 5.74) is 0. The van der Waals surface area contributed by atoms with Crippen molar-refractivity contribution in [3.63, 3.8) is 0 Å². The van der Waals surface area contributed by atoms with E-state index in [0.29, 0.717) is 12.8 Å². The number of carbonyl (C=O) groups is 2. The second-order valence-electron chi connectivity index (χ2n) is 18.4. The van der Waals surface area contributed by atoms with Crippen molar-refractivity contribution in [2.75, 3.05) is 13.2 Å². The van der Waals surface area contributed by atoms with Crippen LogP contribution >= 0.6 is 7.82 Å². The second kappa shape index (κ2) is 42.0. The third-order valence-electron chi connectivity index (χ3n) is 12.2. The summed E-state index contributed by atoms with van der Waals surface area (Å²) in [5, 5.41) is 50.3. The lowest BCUT2D eigenvalue weighted by molar-refractivity contribution is -0.220. The van der Waals surface area contributed by atoms with Gasteiger partial charge in [0.1, 0.15) is 43.2 Å². The number of aliphatic hydroxyl groups excluding tert-OH is 5. The average Bonchev–Trinajstić information content (AvgIpc) is 3.30. The molecule has 14 heteroatoms. The largest absolute Gasteiger partial charge is 0.472 e. The van der Waals surface area contributed by atoms with Gasteiger partial charge in [-0.25, -0.2) is 4.57 Å². The molecule has 66 heavy (non-hydrogen) atoms. The van der Waals surface area contributed by atoms with Crippen molar-refractivity contribution in [1.29, 1.82) is 0 Å². The van der Waals surface area contributed by atoms with Crippen molar-refractivity contribution in [3.8, 4) is 0 Å². The Morgan fingerprint density at radius 3 is 1.27 bits per heavy atom. The predicted octanol–water partition coefficient (Wildman–Crippen LogP) is 11.3. The molecule has 0 aliphatic heterocycles. The van der Waals surface area contributed by atoms with Gasteiger partial charge in [0.25, 0.3) is 0 Å².